The zero-order chi connectivity index (χ0) is 23.0. The van der Waals surface area contributed by atoms with E-state index in [-0.39, 0.29) is 5.97 Å². The van der Waals surface area contributed by atoms with Crippen molar-refractivity contribution in [3.8, 4) is 0 Å². The second-order valence-corrected chi connectivity index (χ2v) is 15.9. The molecule has 0 aliphatic rings. The van der Waals surface area contributed by atoms with Crippen LogP contribution in [0.4, 0.5) is 0 Å². The van der Waals surface area contributed by atoms with Gasteiger partial charge in [-0.05, 0) is 0 Å². The SMILES string of the molecule is CCOC(=O)/C(=C\C(O[Si](C)(C)C)(c1ccccc1)c1ccccc1)[Te]c1ccccc1. The summed E-state index contributed by atoms with van der Waals surface area (Å²) in [5.41, 5.74) is 1.15. The third-order valence-electron chi connectivity index (χ3n) is 4.65. The fraction of sp³-hybridized carbons (Fsp3) is 0.222. The van der Waals surface area contributed by atoms with E-state index in [1.165, 1.54) is 3.61 Å². The van der Waals surface area contributed by atoms with Gasteiger partial charge in [-0.3, -0.25) is 0 Å². The molecule has 0 fully saturated rings. The molecule has 0 N–H and O–H groups in total. The quantitative estimate of drug-likeness (QED) is 0.204. The molecule has 3 aromatic rings. The Hall–Kier alpha value is -2.16. The fourth-order valence-corrected chi connectivity index (χ4v) is 7.34. The number of ether oxygens (including phenoxy) is 1. The molecule has 3 nitrogen and oxygen atoms in total. The van der Waals surface area contributed by atoms with Crippen molar-refractivity contribution < 1.29 is 14.0 Å². The van der Waals surface area contributed by atoms with Crippen LogP contribution in [0.25, 0.3) is 0 Å². The average molecular weight is 558 g/mol. The summed E-state index contributed by atoms with van der Waals surface area (Å²) < 4.78 is 14.4. The van der Waals surface area contributed by atoms with Gasteiger partial charge in [-0.15, -0.1) is 0 Å². The predicted molar refractivity (Wildman–Crippen MR) is 135 cm³/mol. The Morgan fingerprint density at radius 3 is 1.75 bits per heavy atom. The Morgan fingerprint density at radius 1 is 0.844 bits per heavy atom. The van der Waals surface area contributed by atoms with Crippen LogP contribution in [-0.2, 0) is 19.6 Å². The molecule has 0 aromatic heterocycles. The Kier molecular flexibility index (Phi) is 8.50. The molecular weight excluding hydrogens is 528 g/mol. The van der Waals surface area contributed by atoms with Crippen molar-refractivity contribution in [3.05, 3.63) is 112 Å². The summed E-state index contributed by atoms with van der Waals surface area (Å²) in [4.78, 5) is 13.2. The van der Waals surface area contributed by atoms with Crippen LogP contribution in [0.15, 0.2) is 101 Å². The number of hydrogen-bond donors (Lipinski definition) is 0. The van der Waals surface area contributed by atoms with Crippen molar-refractivity contribution in [1.82, 2.24) is 0 Å². The second kappa shape index (κ2) is 11.1. The molecule has 3 aromatic carbocycles. The molecule has 0 atom stereocenters. The first-order chi connectivity index (χ1) is 15.3. The number of carbonyl (C=O) groups excluding carboxylic acids is 1. The number of rotatable bonds is 9. The van der Waals surface area contributed by atoms with E-state index >= 15 is 0 Å². The normalized spacial score (nSPS) is 12.4. The molecule has 5 heteroatoms. The zero-order valence-corrected chi connectivity index (χ0v) is 22.4. The average Bonchev–Trinajstić information content (AvgIpc) is 2.79. The van der Waals surface area contributed by atoms with Gasteiger partial charge in [0.25, 0.3) is 0 Å². The molecule has 0 spiro atoms. The minimum atomic E-state index is -2.05. The third kappa shape index (κ3) is 6.43. The number of carbonyl (C=O) groups is 1. The van der Waals surface area contributed by atoms with Crippen molar-refractivity contribution in [2.45, 2.75) is 32.2 Å². The molecule has 0 aliphatic heterocycles. The molecule has 0 radical (unpaired) electrons. The second-order valence-electron chi connectivity index (χ2n) is 8.33. The Bertz CT molecular complexity index is 989. The molecule has 0 saturated heterocycles. The van der Waals surface area contributed by atoms with Gasteiger partial charge in [0, 0.05) is 0 Å². The van der Waals surface area contributed by atoms with Crippen LogP contribution < -0.4 is 3.61 Å². The molecule has 32 heavy (non-hydrogen) atoms. The van der Waals surface area contributed by atoms with Crippen LogP contribution in [0, 0.1) is 0 Å². The molecule has 0 bridgehead atoms. The monoisotopic (exact) mass is 560 g/mol. The minimum absolute atomic E-state index is 0.255. The van der Waals surface area contributed by atoms with Gasteiger partial charge in [0.05, 0.1) is 0 Å². The summed E-state index contributed by atoms with van der Waals surface area (Å²) in [7, 11) is -2.05. The molecule has 0 heterocycles. The summed E-state index contributed by atoms with van der Waals surface area (Å²) in [6.45, 7) is 8.73. The van der Waals surface area contributed by atoms with Crippen molar-refractivity contribution >= 4 is 38.8 Å². The first kappa shape index (κ1) is 24.5. The van der Waals surface area contributed by atoms with Gasteiger partial charge >= 0.3 is 203 Å². The standard InChI is InChI=1S/C27H30O3SiTe/c1-5-29-26(28)25(32-24-19-13-8-14-20-24)21-27(30-31(2,3)4,22-15-9-6-10-16-22)23-17-11-7-12-18-23/h6-21H,5H2,1-4H3/b25-21+. The van der Waals surface area contributed by atoms with E-state index in [0.717, 1.165) is 14.7 Å². The van der Waals surface area contributed by atoms with Crippen LogP contribution in [-0.4, -0.2) is 41.8 Å². The molecule has 0 unspecified atom stereocenters. The predicted octanol–water partition coefficient (Wildman–Crippen LogP) is 5.26. The molecule has 0 saturated carbocycles. The topological polar surface area (TPSA) is 35.5 Å². The molecule has 0 aliphatic carbocycles. The summed E-state index contributed by atoms with van der Waals surface area (Å²) in [5.74, 6) is -0.255. The van der Waals surface area contributed by atoms with Crippen LogP contribution in [0.2, 0.25) is 19.6 Å². The number of esters is 1. The van der Waals surface area contributed by atoms with Gasteiger partial charge < -0.3 is 0 Å². The third-order valence-corrected chi connectivity index (χ3v) is 8.48. The fourth-order valence-electron chi connectivity index (χ4n) is 3.47. The van der Waals surface area contributed by atoms with Crippen molar-refractivity contribution in [2.24, 2.45) is 0 Å². The van der Waals surface area contributed by atoms with E-state index in [0.29, 0.717) is 6.61 Å². The van der Waals surface area contributed by atoms with E-state index < -0.39 is 34.8 Å². The Balaban J connectivity index is 2.27. The first-order valence-corrected chi connectivity index (χ1v) is 16.5. The van der Waals surface area contributed by atoms with Crippen LogP contribution >= 0.6 is 0 Å². The molecule has 3 rings (SSSR count). The van der Waals surface area contributed by atoms with E-state index in [4.69, 9.17) is 9.16 Å². The zero-order valence-electron chi connectivity index (χ0n) is 19.1. The van der Waals surface area contributed by atoms with Crippen LogP contribution in [0.5, 0.6) is 0 Å². The van der Waals surface area contributed by atoms with Crippen molar-refractivity contribution in [3.63, 3.8) is 0 Å². The maximum atomic E-state index is 13.2. The van der Waals surface area contributed by atoms with E-state index in [1.807, 2.05) is 67.6 Å². The van der Waals surface area contributed by atoms with Gasteiger partial charge in [0.1, 0.15) is 0 Å². The maximum absolute atomic E-state index is 13.2. The number of hydrogen-bond acceptors (Lipinski definition) is 3. The van der Waals surface area contributed by atoms with E-state index in [1.54, 1.807) is 0 Å². The number of benzene rings is 3. The summed E-state index contributed by atoms with van der Waals surface area (Å²) in [6.07, 6.45) is 2.04. The molecule has 0 amide bonds. The summed E-state index contributed by atoms with van der Waals surface area (Å²) in [5, 5.41) is 0. The summed E-state index contributed by atoms with van der Waals surface area (Å²) in [6, 6.07) is 30.6. The van der Waals surface area contributed by atoms with Gasteiger partial charge in [-0.1, -0.05) is 0 Å². The van der Waals surface area contributed by atoms with E-state index in [2.05, 4.69) is 56.0 Å². The van der Waals surface area contributed by atoms with Crippen molar-refractivity contribution in [1.29, 1.82) is 0 Å². The molecular formula is C27H30O3SiTe. The van der Waals surface area contributed by atoms with Gasteiger partial charge in [0.15, 0.2) is 0 Å². The van der Waals surface area contributed by atoms with Gasteiger partial charge in [-0.2, -0.15) is 0 Å². The van der Waals surface area contributed by atoms with Crippen molar-refractivity contribution in [2.75, 3.05) is 6.61 Å². The first-order valence-electron chi connectivity index (χ1n) is 10.8. The van der Waals surface area contributed by atoms with E-state index in [9.17, 15) is 4.79 Å². The van der Waals surface area contributed by atoms with Gasteiger partial charge in [-0.25, -0.2) is 0 Å². The van der Waals surface area contributed by atoms with Crippen LogP contribution in [0.1, 0.15) is 18.1 Å². The molecule has 166 valence electrons. The van der Waals surface area contributed by atoms with Gasteiger partial charge in [0.2, 0.25) is 0 Å². The summed E-state index contributed by atoms with van der Waals surface area (Å²) >= 11 is -0.986. The Morgan fingerprint density at radius 2 is 1.31 bits per heavy atom. The Labute approximate surface area is 202 Å². The van der Waals surface area contributed by atoms with Crippen LogP contribution in [0.3, 0.4) is 0 Å².